The highest BCUT2D eigenvalue weighted by Gasteiger charge is 2.21. The van der Waals surface area contributed by atoms with Gasteiger partial charge in [-0.2, -0.15) is 0 Å². The summed E-state index contributed by atoms with van der Waals surface area (Å²) in [6, 6.07) is 6.88. The van der Waals surface area contributed by atoms with Gasteiger partial charge in [-0.15, -0.1) is 0 Å². The highest BCUT2D eigenvalue weighted by atomic mass is 16.5. The number of para-hydroxylation sites is 1. The van der Waals surface area contributed by atoms with E-state index >= 15 is 0 Å². The fourth-order valence-electron chi connectivity index (χ4n) is 3.99. The van der Waals surface area contributed by atoms with E-state index in [4.69, 9.17) is 4.74 Å². The summed E-state index contributed by atoms with van der Waals surface area (Å²) >= 11 is 0. The Morgan fingerprint density at radius 2 is 1.88 bits per heavy atom. The van der Waals surface area contributed by atoms with Gasteiger partial charge in [0, 0.05) is 30.5 Å². The van der Waals surface area contributed by atoms with Crippen molar-refractivity contribution in [3.63, 3.8) is 0 Å². The quantitative estimate of drug-likeness (QED) is 0.466. The van der Waals surface area contributed by atoms with Crippen LogP contribution in [0.25, 0.3) is 0 Å². The number of benzene rings is 1. The lowest BCUT2D eigenvalue weighted by molar-refractivity contribution is 0.0920. The van der Waals surface area contributed by atoms with Crippen molar-refractivity contribution in [1.82, 2.24) is 15.2 Å². The number of aromatic nitrogens is 1. The molecule has 2 amide bonds. The Hall–Kier alpha value is -3.39. The Kier molecular flexibility index (Phi) is 9.04. The predicted octanol–water partition coefficient (Wildman–Crippen LogP) is 2.64. The Bertz CT molecular complexity index is 1110. The minimum absolute atomic E-state index is 0.100. The van der Waals surface area contributed by atoms with E-state index in [9.17, 15) is 19.5 Å². The number of pyridine rings is 1. The summed E-state index contributed by atoms with van der Waals surface area (Å²) in [5.41, 5.74) is 1.26. The van der Waals surface area contributed by atoms with Crippen molar-refractivity contribution in [2.45, 2.75) is 51.6 Å². The van der Waals surface area contributed by atoms with Gasteiger partial charge in [-0.3, -0.25) is 14.4 Å². The second-order valence-electron chi connectivity index (χ2n) is 8.57. The number of ether oxygens (including phenoxy) is 1. The smallest absolute Gasteiger partial charge is 0.257 e. The molecule has 0 spiro atoms. The van der Waals surface area contributed by atoms with Gasteiger partial charge in [0.15, 0.2) is 0 Å². The fourth-order valence-corrected chi connectivity index (χ4v) is 3.99. The first kappa shape index (κ1) is 25.2. The molecule has 1 atom stereocenters. The third-order valence-corrected chi connectivity index (χ3v) is 5.88. The van der Waals surface area contributed by atoms with Crippen LogP contribution < -0.4 is 20.8 Å². The Morgan fingerprint density at radius 1 is 1.15 bits per heavy atom. The zero-order valence-electron chi connectivity index (χ0n) is 19.8. The van der Waals surface area contributed by atoms with Crippen molar-refractivity contribution in [2.24, 2.45) is 0 Å². The van der Waals surface area contributed by atoms with E-state index in [0.717, 1.165) is 31.2 Å². The first-order valence-corrected chi connectivity index (χ1v) is 11.7. The third kappa shape index (κ3) is 6.57. The molecule has 2 aromatic rings. The Labute approximate surface area is 199 Å². The summed E-state index contributed by atoms with van der Waals surface area (Å²) in [4.78, 5) is 38.8. The van der Waals surface area contributed by atoms with E-state index in [0.29, 0.717) is 18.8 Å². The van der Waals surface area contributed by atoms with E-state index in [1.54, 1.807) is 18.6 Å². The molecule has 1 heterocycles. The summed E-state index contributed by atoms with van der Waals surface area (Å²) in [5.74, 6) is -0.491. The van der Waals surface area contributed by atoms with Crippen LogP contribution in [0.3, 0.4) is 0 Å². The lowest BCUT2D eigenvalue weighted by Gasteiger charge is -2.16. The molecule has 0 saturated carbocycles. The van der Waals surface area contributed by atoms with Gasteiger partial charge in [-0.05, 0) is 45.1 Å². The van der Waals surface area contributed by atoms with Crippen LogP contribution in [0.4, 0.5) is 0 Å². The number of amides is 2. The van der Waals surface area contributed by atoms with Gasteiger partial charge in [0.2, 0.25) is 5.43 Å². The summed E-state index contributed by atoms with van der Waals surface area (Å²) in [6.07, 6.45) is 10.3. The van der Waals surface area contributed by atoms with Gasteiger partial charge in [0.1, 0.15) is 16.9 Å². The summed E-state index contributed by atoms with van der Waals surface area (Å²) in [5, 5.41) is 14.7. The van der Waals surface area contributed by atoms with Crippen LogP contribution in [0, 0.1) is 0 Å². The standard InChI is InChI=1S/C26H33N3O5/c1-18(17-30)28-26(33)22-16-29(14-20-10-6-7-11-23(20)34-2)15-21(24(22)31)25(32)27-13-12-19-8-4-3-5-9-19/h6-8,10-11,15-16,18,30H,3-5,9,12-14,17H2,1-2H3,(H,27,32)(H,28,33). The van der Waals surface area contributed by atoms with Gasteiger partial charge < -0.3 is 25.0 Å². The monoisotopic (exact) mass is 467 g/mol. The zero-order chi connectivity index (χ0) is 24.5. The molecule has 182 valence electrons. The van der Waals surface area contributed by atoms with E-state index < -0.39 is 23.3 Å². The SMILES string of the molecule is COc1ccccc1Cn1cc(C(=O)NCCC2=CCCCC2)c(=O)c(C(=O)NC(C)CO)c1. The molecule has 0 bridgehead atoms. The van der Waals surface area contributed by atoms with Crippen molar-refractivity contribution in [3.05, 3.63) is 75.2 Å². The molecule has 0 saturated heterocycles. The van der Waals surface area contributed by atoms with Crippen LogP contribution >= 0.6 is 0 Å². The molecule has 8 nitrogen and oxygen atoms in total. The number of aliphatic hydroxyl groups is 1. The zero-order valence-corrected chi connectivity index (χ0v) is 19.8. The van der Waals surface area contributed by atoms with Gasteiger partial charge in [0.25, 0.3) is 11.8 Å². The molecule has 3 N–H and O–H groups in total. The molecule has 8 heteroatoms. The van der Waals surface area contributed by atoms with Crippen molar-refractivity contribution in [3.8, 4) is 5.75 Å². The molecular weight excluding hydrogens is 434 g/mol. The maximum atomic E-state index is 13.1. The molecule has 34 heavy (non-hydrogen) atoms. The van der Waals surface area contributed by atoms with Crippen molar-refractivity contribution >= 4 is 11.8 Å². The lowest BCUT2D eigenvalue weighted by atomic mass is 9.97. The molecule has 1 aliphatic carbocycles. The number of carbonyl (C=O) groups is 2. The number of hydrogen-bond acceptors (Lipinski definition) is 5. The largest absolute Gasteiger partial charge is 0.496 e. The van der Waals surface area contributed by atoms with Crippen LogP contribution in [0.2, 0.25) is 0 Å². The number of nitrogens with zero attached hydrogens (tertiary/aromatic N) is 1. The summed E-state index contributed by atoms with van der Waals surface area (Å²) in [7, 11) is 1.57. The maximum Gasteiger partial charge on any atom is 0.257 e. The van der Waals surface area contributed by atoms with E-state index in [-0.39, 0.29) is 17.7 Å². The third-order valence-electron chi connectivity index (χ3n) is 5.88. The van der Waals surface area contributed by atoms with Gasteiger partial charge >= 0.3 is 0 Å². The molecule has 1 unspecified atom stereocenters. The Balaban J connectivity index is 1.88. The molecule has 3 rings (SSSR count). The highest BCUT2D eigenvalue weighted by molar-refractivity contribution is 5.99. The first-order valence-electron chi connectivity index (χ1n) is 11.7. The number of aliphatic hydroxyl groups excluding tert-OH is 1. The van der Waals surface area contributed by atoms with Crippen LogP contribution in [0.1, 0.15) is 65.3 Å². The van der Waals surface area contributed by atoms with Crippen molar-refractivity contribution in [1.29, 1.82) is 0 Å². The van der Waals surface area contributed by atoms with Crippen LogP contribution in [-0.4, -0.2) is 47.8 Å². The molecule has 0 aliphatic heterocycles. The molecule has 0 fully saturated rings. The van der Waals surface area contributed by atoms with Gasteiger partial charge in [0.05, 0.1) is 20.3 Å². The first-order chi connectivity index (χ1) is 16.4. The molecular formula is C26H33N3O5. The number of rotatable bonds is 10. The topological polar surface area (TPSA) is 110 Å². The average molecular weight is 468 g/mol. The maximum absolute atomic E-state index is 13.1. The van der Waals surface area contributed by atoms with Gasteiger partial charge in [-0.25, -0.2) is 0 Å². The van der Waals surface area contributed by atoms with Gasteiger partial charge in [-0.1, -0.05) is 29.8 Å². The normalized spacial score (nSPS) is 14.1. The number of allylic oxidation sites excluding steroid dienone is 1. The fraction of sp³-hybridized carbons (Fsp3) is 0.423. The molecule has 0 radical (unpaired) electrons. The van der Waals surface area contributed by atoms with E-state index in [1.165, 1.54) is 24.4 Å². The molecule has 1 aromatic heterocycles. The minimum Gasteiger partial charge on any atom is -0.496 e. The van der Waals surface area contributed by atoms with Crippen LogP contribution in [0.5, 0.6) is 5.75 Å². The van der Waals surface area contributed by atoms with E-state index in [1.807, 2.05) is 24.3 Å². The lowest BCUT2D eigenvalue weighted by Crippen LogP contribution is -2.40. The molecule has 1 aliphatic rings. The number of nitrogens with one attached hydrogen (secondary N) is 2. The Morgan fingerprint density at radius 3 is 2.56 bits per heavy atom. The van der Waals surface area contributed by atoms with Crippen LogP contribution in [-0.2, 0) is 6.54 Å². The predicted molar refractivity (Wildman–Crippen MR) is 130 cm³/mol. The number of carbonyl (C=O) groups excluding carboxylic acids is 2. The second kappa shape index (κ2) is 12.2. The molecule has 1 aromatic carbocycles. The average Bonchev–Trinajstić information content (AvgIpc) is 2.85. The summed E-state index contributed by atoms with van der Waals surface area (Å²) < 4.78 is 7.04. The summed E-state index contributed by atoms with van der Waals surface area (Å²) in [6.45, 7) is 2.08. The minimum atomic E-state index is -0.645. The number of hydrogen-bond donors (Lipinski definition) is 3. The number of methoxy groups -OCH3 is 1. The van der Waals surface area contributed by atoms with Crippen molar-refractivity contribution < 1.29 is 19.4 Å². The highest BCUT2D eigenvalue weighted by Crippen LogP contribution is 2.20. The van der Waals surface area contributed by atoms with Crippen LogP contribution in [0.15, 0.2) is 53.1 Å². The van der Waals surface area contributed by atoms with Crippen molar-refractivity contribution in [2.75, 3.05) is 20.3 Å². The second-order valence-corrected chi connectivity index (χ2v) is 8.57. The van der Waals surface area contributed by atoms with E-state index in [2.05, 4.69) is 16.7 Å².